The molecule has 7 heteroatoms. The smallest absolute Gasteiger partial charge is 0.366 e. The van der Waals surface area contributed by atoms with E-state index in [1.54, 1.807) is 0 Å². The molecule has 0 fully saturated rings. The minimum atomic E-state index is -4.66. The third-order valence-electron chi connectivity index (χ3n) is 0.969. The Morgan fingerprint density at radius 3 is 1.73 bits per heavy atom. The van der Waals surface area contributed by atoms with Gasteiger partial charge < -0.3 is 10.2 Å². The number of alkyl halides is 5. The van der Waals surface area contributed by atoms with E-state index in [2.05, 4.69) is 0 Å². The summed E-state index contributed by atoms with van der Waals surface area (Å²) in [6.45, 7) is -1.42. The number of rotatable bonds is 3. The van der Waals surface area contributed by atoms with Gasteiger partial charge in [-0.3, -0.25) is 0 Å². The molecule has 0 spiro atoms. The van der Waals surface area contributed by atoms with Gasteiger partial charge in [0.15, 0.2) is 0 Å². The van der Waals surface area contributed by atoms with Crippen molar-refractivity contribution in [3.63, 3.8) is 0 Å². The van der Waals surface area contributed by atoms with Crippen LogP contribution in [0.2, 0.25) is 0 Å². The van der Waals surface area contributed by atoms with Crippen molar-refractivity contribution in [3.8, 4) is 0 Å². The molecule has 68 valence electrons. The molecule has 0 heterocycles. The van der Waals surface area contributed by atoms with Crippen molar-refractivity contribution in [3.05, 3.63) is 0 Å². The molecule has 0 aromatic carbocycles. The van der Waals surface area contributed by atoms with Gasteiger partial charge in [-0.05, 0) is 15.9 Å². The summed E-state index contributed by atoms with van der Waals surface area (Å²) in [7, 11) is 0. The summed E-state index contributed by atoms with van der Waals surface area (Å²) < 4.78 is 47.9. The van der Waals surface area contributed by atoms with Crippen LogP contribution in [0.4, 0.5) is 17.6 Å². The minimum Gasteiger partial charge on any atom is -0.393 e. The second-order valence-corrected chi connectivity index (χ2v) is 2.82. The van der Waals surface area contributed by atoms with Gasteiger partial charge >= 0.3 is 10.8 Å². The van der Waals surface area contributed by atoms with Crippen LogP contribution in [0.5, 0.6) is 0 Å². The van der Waals surface area contributed by atoms with E-state index in [0.717, 1.165) is 0 Å². The van der Waals surface area contributed by atoms with Crippen LogP contribution in [0.3, 0.4) is 0 Å². The zero-order valence-electron chi connectivity index (χ0n) is 5.07. The lowest BCUT2D eigenvalue weighted by Crippen LogP contribution is -2.47. The molecule has 11 heavy (non-hydrogen) atoms. The minimum absolute atomic E-state index is 1.39. The van der Waals surface area contributed by atoms with Gasteiger partial charge in [0.2, 0.25) is 0 Å². The van der Waals surface area contributed by atoms with E-state index in [-0.39, 0.29) is 0 Å². The summed E-state index contributed by atoms with van der Waals surface area (Å²) in [5.74, 6) is -4.66. The molecule has 0 bridgehead atoms. The van der Waals surface area contributed by atoms with Crippen molar-refractivity contribution >= 4 is 15.9 Å². The van der Waals surface area contributed by atoms with Crippen molar-refractivity contribution in [2.24, 2.45) is 0 Å². The quantitative estimate of drug-likeness (QED) is 0.570. The molecule has 2 N–H and O–H groups in total. The molecule has 0 aromatic heterocycles. The van der Waals surface area contributed by atoms with E-state index in [4.69, 9.17) is 10.2 Å². The summed E-state index contributed by atoms with van der Waals surface area (Å²) in [5, 5.41) is 16.2. The van der Waals surface area contributed by atoms with Crippen LogP contribution < -0.4 is 0 Å². The zero-order valence-corrected chi connectivity index (χ0v) is 6.65. The number of hydrogen-bond donors (Lipinski definition) is 2. The van der Waals surface area contributed by atoms with E-state index in [9.17, 15) is 17.6 Å². The number of aliphatic hydroxyl groups excluding tert-OH is 2. The van der Waals surface area contributed by atoms with E-state index in [1.807, 2.05) is 0 Å². The number of halogens is 5. The van der Waals surface area contributed by atoms with Crippen molar-refractivity contribution in [1.82, 2.24) is 0 Å². The Morgan fingerprint density at radius 2 is 1.64 bits per heavy atom. The summed E-state index contributed by atoms with van der Waals surface area (Å²) in [6.07, 6.45) is -2.77. The molecular formula is C4H5BrF4O2. The lowest BCUT2D eigenvalue weighted by Gasteiger charge is -2.24. The number of aliphatic hydroxyl groups is 2. The molecule has 0 aromatic rings. The summed E-state index contributed by atoms with van der Waals surface area (Å²) in [4.78, 5) is -4.51. The van der Waals surface area contributed by atoms with Gasteiger partial charge in [0.05, 0.1) is 6.61 Å². The predicted molar refractivity (Wildman–Crippen MR) is 31.9 cm³/mol. The first-order valence-electron chi connectivity index (χ1n) is 2.47. The van der Waals surface area contributed by atoms with Crippen LogP contribution in [0.25, 0.3) is 0 Å². The maximum atomic E-state index is 12.1. The van der Waals surface area contributed by atoms with Crippen LogP contribution in [0.15, 0.2) is 0 Å². The number of hydrogen-bond acceptors (Lipinski definition) is 2. The van der Waals surface area contributed by atoms with E-state index >= 15 is 0 Å². The first kappa shape index (κ1) is 11.1. The Morgan fingerprint density at radius 1 is 1.27 bits per heavy atom. The second kappa shape index (κ2) is 3.24. The van der Waals surface area contributed by atoms with Crippen molar-refractivity contribution < 1.29 is 27.8 Å². The van der Waals surface area contributed by atoms with Crippen molar-refractivity contribution in [2.75, 3.05) is 6.61 Å². The van der Waals surface area contributed by atoms with Crippen LogP contribution in [0, 0.1) is 0 Å². The standard InChI is InChI=1S/C4H5BrF4O2/c5-4(8,9)3(6,7)2(11)1-10/h2,10-11H,1H2/t2-/m1/s1. The molecule has 0 amide bonds. The third kappa shape index (κ3) is 2.28. The van der Waals surface area contributed by atoms with Crippen molar-refractivity contribution in [1.29, 1.82) is 0 Å². The molecule has 0 aliphatic carbocycles. The van der Waals surface area contributed by atoms with E-state index in [1.165, 1.54) is 15.9 Å². The average molecular weight is 241 g/mol. The Hall–Kier alpha value is 0.120. The van der Waals surface area contributed by atoms with Crippen LogP contribution in [-0.4, -0.2) is 33.7 Å². The maximum absolute atomic E-state index is 12.1. The van der Waals surface area contributed by atoms with Crippen molar-refractivity contribution in [2.45, 2.75) is 16.9 Å². The Bertz CT molecular complexity index is 135. The predicted octanol–water partition coefficient (Wildman–Crippen LogP) is 0.963. The van der Waals surface area contributed by atoms with Gasteiger partial charge in [0.25, 0.3) is 0 Å². The van der Waals surface area contributed by atoms with Crippen LogP contribution in [0.1, 0.15) is 0 Å². The third-order valence-corrected chi connectivity index (χ3v) is 1.50. The largest absolute Gasteiger partial charge is 0.393 e. The van der Waals surface area contributed by atoms with Crippen LogP contribution >= 0.6 is 15.9 Å². The molecule has 0 aliphatic rings. The second-order valence-electron chi connectivity index (χ2n) is 1.82. The van der Waals surface area contributed by atoms with Gasteiger partial charge in [-0.25, -0.2) is 0 Å². The zero-order chi connectivity index (χ0) is 9.28. The fourth-order valence-electron chi connectivity index (χ4n) is 0.304. The molecular weight excluding hydrogens is 236 g/mol. The normalized spacial score (nSPS) is 16.6. The van der Waals surface area contributed by atoms with Crippen LogP contribution in [-0.2, 0) is 0 Å². The Balaban J connectivity index is 4.45. The van der Waals surface area contributed by atoms with Gasteiger partial charge in [-0.2, -0.15) is 17.6 Å². The highest BCUT2D eigenvalue weighted by molar-refractivity contribution is 9.10. The molecule has 0 unspecified atom stereocenters. The summed E-state index contributed by atoms with van der Waals surface area (Å²) >= 11 is 1.39. The first-order valence-corrected chi connectivity index (χ1v) is 3.26. The monoisotopic (exact) mass is 240 g/mol. The lowest BCUT2D eigenvalue weighted by molar-refractivity contribution is -0.213. The molecule has 0 saturated heterocycles. The average Bonchev–Trinajstić information content (AvgIpc) is 1.83. The Labute approximate surface area is 68.0 Å². The van der Waals surface area contributed by atoms with E-state index in [0.29, 0.717) is 0 Å². The fourth-order valence-corrected chi connectivity index (χ4v) is 0.568. The van der Waals surface area contributed by atoms with Gasteiger partial charge in [-0.1, -0.05) is 0 Å². The molecule has 0 rings (SSSR count). The topological polar surface area (TPSA) is 40.5 Å². The summed E-state index contributed by atoms with van der Waals surface area (Å²) in [6, 6.07) is 0. The van der Waals surface area contributed by atoms with Gasteiger partial charge in [0, 0.05) is 0 Å². The highest BCUT2D eigenvalue weighted by Crippen LogP contribution is 2.41. The molecule has 0 aliphatic heterocycles. The first-order chi connectivity index (χ1) is 4.73. The van der Waals surface area contributed by atoms with E-state index < -0.39 is 23.5 Å². The Kier molecular flexibility index (Phi) is 3.27. The highest BCUT2D eigenvalue weighted by Gasteiger charge is 2.59. The molecule has 0 radical (unpaired) electrons. The highest BCUT2D eigenvalue weighted by atomic mass is 79.9. The lowest BCUT2D eigenvalue weighted by atomic mass is 10.2. The van der Waals surface area contributed by atoms with Gasteiger partial charge in [0.1, 0.15) is 6.10 Å². The fraction of sp³-hybridized carbons (Fsp3) is 1.00. The molecule has 2 nitrogen and oxygen atoms in total. The molecule has 1 atom stereocenters. The maximum Gasteiger partial charge on any atom is 0.366 e. The summed E-state index contributed by atoms with van der Waals surface area (Å²) in [5.41, 5.74) is 0. The SMILES string of the molecule is OC[C@@H](O)C(F)(F)C(F)(F)Br. The van der Waals surface area contributed by atoms with Gasteiger partial charge in [-0.15, -0.1) is 0 Å². The molecule has 0 saturated carbocycles.